The fourth-order valence-electron chi connectivity index (χ4n) is 1.85. The minimum Gasteiger partial charge on any atom is -0.331 e. The van der Waals surface area contributed by atoms with E-state index in [1.165, 1.54) is 0 Å². The molecule has 0 unspecified atom stereocenters. The lowest BCUT2D eigenvalue weighted by atomic mass is 10.2. The molecular formula is C13H16ClN3. The zero-order valence-electron chi connectivity index (χ0n) is 10.3. The molecule has 1 heterocycles. The van der Waals surface area contributed by atoms with Gasteiger partial charge in [-0.3, -0.25) is 0 Å². The van der Waals surface area contributed by atoms with Gasteiger partial charge in [-0.05, 0) is 26.1 Å². The summed E-state index contributed by atoms with van der Waals surface area (Å²) in [5, 5.41) is 3.86. The van der Waals surface area contributed by atoms with E-state index in [0.29, 0.717) is 0 Å². The first kappa shape index (κ1) is 12.1. The summed E-state index contributed by atoms with van der Waals surface area (Å²) in [5.74, 6) is 0.915. The highest BCUT2D eigenvalue weighted by atomic mass is 35.5. The molecule has 1 N–H and O–H groups in total. The first-order valence-electron chi connectivity index (χ1n) is 5.57. The molecular weight excluding hydrogens is 234 g/mol. The van der Waals surface area contributed by atoms with Gasteiger partial charge in [-0.15, -0.1) is 0 Å². The normalized spacial score (nSPS) is 10.8. The molecule has 4 heteroatoms. The van der Waals surface area contributed by atoms with Crippen molar-refractivity contribution in [2.45, 2.75) is 13.5 Å². The van der Waals surface area contributed by atoms with E-state index in [9.17, 15) is 0 Å². The fraction of sp³-hybridized carbons (Fsp3) is 0.308. The van der Waals surface area contributed by atoms with E-state index < -0.39 is 0 Å². The van der Waals surface area contributed by atoms with Crippen molar-refractivity contribution >= 4 is 11.6 Å². The molecule has 2 rings (SSSR count). The number of imidazole rings is 1. The third kappa shape index (κ3) is 2.21. The van der Waals surface area contributed by atoms with Crippen LogP contribution in [-0.2, 0) is 13.6 Å². The van der Waals surface area contributed by atoms with Crippen LogP contribution >= 0.6 is 11.6 Å². The fourth-order valence-corrected chi connectivity index (χ4v) is 2.07. The third-order valence-corrected chi connectivity index (χ3v) is 3.27. The second kappa shape index (κ2) is 4.90. The molecule has 0 spiro atoms. The Hall–Kier alpha value is -1.32. The lowest BCUT2D eigenvalue weighted by Crippen LogP contribution is -2.07. The predicted octanol–water partition coefficient (Wildman–Crippen LogP) is 2.77. The van der Waals surface area contributed by atoms with E-state index in [2.05, 4.69) is 21.8 Å². The third-order valence-electron chi connectivity index (χ3n) is 2.94. The van der Waals surface area contributed by atoms with Crippen LogP contribution in [0.15, 0.2) is 24.3 Å². The number of halogens is 1. The van der Waals surface area contributed by atoms with Crippen LogP contribution in [0, 0.1) is 6.92 Å². The number of hydrogen-bond acceptors (Lipinski definition) is 2. The molecule has 0 saturated heterocycles. The maximum absolute atomic E-state index is 6.20. The Morgan fingerprint density at radius 1 is 1.35 bits per heavy atom. The molecule has 0 bridgehead atoms. The van der Waals surface area contributed by atoms with Crippen LogP contribution in [0.1, 0.15) is 11.4 Å². The Morgan fingerprint density at radius 3 is 2.71 bits per heavy atom. The molecule has 0 saturated carbocycles. The largest absolute Gasteiger partial charge is 0.331 e. The molecule has 0 atom stereocenters. The van der Waals surface area contributed by atoms with Gasteiger partial charge in [0.1, 0.15) is 5.82 Å². The lowest BCUT2D eigenvalue weighted by Gasteiger charge is -2.04. The van der Waals surface area contributed by atoms with Gasteiger partial charge < -0.3 is 9.88 Å². The summed E-state index contributed by atoms with van der Waals surface area (Å²) in [6, 6.07) is 7.78. The van der Waals surface area contributed by atoms with Crippen molar-refractivity contribution in [1.29, 1.82) is 0 Å². The molecule has 1 aromatic carbocycles. The summed E-state index contributed by atoms with van der Waals surface area (Å²) in [5.41, 5.74) is 3.20. The molecule has 0 fully saturated rings. The average molecular weight is 250 g/mol. The lowest BCUT2D eigenvalue weighted by molar-refractivity contribution is 0.783. The summed E-state index contributed by atoms with van der Waals surface area (Å²) in [6.07, 6.45) is 0. The maximum atomic E-state index is 6.20. The molecule has 0 radical (unpaired) electrons. The quantitative estimate of drug-likeness (QED) is 0.907. The van der Waals surface area contributed by atoms with Crippen molar-refractivity contribution in [3.8, 4) is 11.4 Å². The summed E-state index contributed by atoms with van der Waals surface area (Å²) in [7, 11) is 3.93. The molecule has 0 aliphatic heterocycles. The predicted molar refractivity (Wildman–Crippen MR) is 71.2 cm³/mol. The van der Waals surface area contributed by atoms with Gasteiger partial charge in [-0.2, -0.15) is 0 Å². The summed E-state index contributed by atoms with van der Waals surface area (Å²) in [6.45, 7) is 2.84. The van der Waals surface area contributed by atoms with Crippen molar-refractivity contribution < 1.29 is 0 Å². The standard InChI is InChI=1S/C13H16ClN3/c1-9-12(8-15-2)16-13(17(9)3)10-6-4-5-7-11(10)14/h4-7,15H,8H2,1-3H3. The number of rotatable bonds is 3. The van der Waals surface area contributed by atoms with Crippen molar-refractivity contribution in [2.24, 2.45) is 7.05 Å². The van der Waals surface area contributed by atoms with Gasteiger partial charge in [0.05, 0.1) is 10.7 Å². The van der Waals surface area contributed by atoms with E-state index in [1.807, 2.05) is 38.4 Å². The monoisotopic (exact) mass is 249 g/mol. The van der Waals surface area contributed by atoms with Gasteiger partial charge in [0.2, 0.25) is 0 Å². The average Bonchev–Trinajstić information content (AvgIpc) is 2.59. The molecule has 90 valence electrons. The molecule has 0 amide bonds. The topological polar surface area (TPSA) is 29.9 Å². The van der Waals surface area contributed by atoms with Gasteiger partial charge in [0.15, 0.2) is 0 Å². The second-order valence-corrected chi connectivity index (χ2v) is 4.44. The molecule has 2 aromatic rings. The Kier molecular flexibility index (Phi) is 3.50. The number of benzene rings is 1. The number of nitrogens with one attached hydrogen (secondary N) is 1. The number of nitrogens with zero attached hydrogens (tertiary/aromatic N) is 2. The SMILES string of the molecule is CNCc1nc(-c2ccccc2Cl)n(C)c1C. The zero-order valence-corrected chi connectivity index (χ0v) is 11.0. The first-order valence-corrected chi connectivity index (χ1v) is 5.94. The smallest absolute Gasteiger partial charge is 0.141 e. The highest BCUT2D eigenvalue weighted by Gasteiger charge is 2.13. The van der Waals surface area contributed by atoms with E-state index in [0.717, 1.165) is 34.3 Å². The molecule has 1 aromatic heterocycles. The molecule has 3 nitrogen and oxygen atoms in total. The Morgan fingerprint density at radius 2 is 2.06 bits per heavy atom. The highest BCUT2D eigenvalue weighted by molar-refractivity contribution is 6.33. The minimum absolute atomic E-state index is 0.733. The molecule has 0 aliphatic carbocycles. The minimum atomic E-state index is 0.733. The van der Waals surface area contributed by atoms with Crippen LogP contribution in [0.5, 0.6) is 0 Å². The van der Waals surface area contributed by atoms with Gasteiger partial charge >= 0.3 is 0 Å². The van der Waals surface area contributed by atoms with Gasteiger partial charge in [0, 0.05) is 24.8 Å². The van der Waals surface area contributed by atoms with Crippen LogP contribution in [0.25, 0.3) is 11.4 Å². The van der Waals surface area contributed by atoms with Crippen LogP contribution in [-0.4, -0.2) is 16.6 Å². The molecule has 0 aliphatic rings. The van der Waals surface area contributed by atoms with Crippen LogP contribution in [0.4, 0.5) is 0 Å². The van der Waals surface area contributed by atoms with Gasteiger partial charge in [-0.25, -0.2) is 4.98 Å². The zero-order chi connectivity index (χ0) is 12.4. The van der Waals surface area contributed by atoms with Crippen molar-refractivity contribution in [3.63, 3.8) is 0 Å². The summed E-state index contributed by atoms with van der Waals surface area (Å²) >= 11 is 6.20. The number of aromatic nitrogens is 2. The van der Waals surface area contributed by atoms with Gasteiger partial charge in [0.25, 0.3) is 0 Å². The van der Waals surface area contributed by atoms with E-state index >= 15 is 0 Å². The first-order chi connectivity index (χ1) is 8.15. The maximum Gasteiger partial charge on any atom is 0.141 e. The van der Waals surface area contributed by atoms with Crippen LogP contribution in [0.2, 0.25) is 5.02 Å². The highest BCUT2D eigenvalue weighted by Crippen LogP contribution is 2.27. The van der Waals surface area contributed by atoms with E-state index in [1.54, 1.807) is 0 Å². The van der Waals surface area contributed by atoms with Crippen molar-refractivity contribution in [3.05, 3.63) is 40.7 Å². The van der Waals surface area contributed by atoms with Crippen molar-refractivity contribution in [2.75, 3.05) is 7.05 Å². The van der Waals surface area contributed by atoms with Crippen molar-refractivity contribution in [1.82, 2.24) is 14.9 Å². The second-order valence-electron chi connectivity index (χ2n) is 4.04. The van der Waals surface area contributed by atoms with Crippen LogP contribution in [0.3, 0.4) is 0 Å². The summed E-state index contributed by atoms with van der Waals surface area (Å²) in [4.78, 5) is 4.65. The van der Waals surface area contributed by atoms with Crippen LogP contribution < -0.4 is 5.32 Å². The Labute approximate surface area is 106 Å². The Bertz CT molecular complexity index is 531. The summed E-state index contributed by atoms with van der Waals surface area (Å²) < 4.78 is 2.08. The Balaban J connectivity index is 2.53. The van der Waals surface area contributed by atoms with E-state index in [-0.39, 0.29) is 0 Å². The number of hydrogen-bond donors (Lipinski definition) is 1. The van der Waals surface area contributed by atoms with E-state index in [4.69, 9.17) is 11.6 Å². The molecule has 17 heavy (non-hydrogen) atoms. The van der Waals surface area contributed by atoms with Gasteiger partial charge in [-0.1, -0.05) is 23.7 Å².